The summed E-state index contributed by atoms with van der Waals surface area (Å²) in [5.41, 5.74) is 6.40. The molecule has 3 heterocycles. The van der Waals surface area contributed by atoms with Gasteiger partial charge < -0.3 is 30.9 Å². The van der Waals surface area contributed by atoms with Crippen molar-refractivity contribution < 1.29 is 24.2 Å². The number of aliphatic hydroxyl groups excluding tert-OH is 1. The number of thioether (sulfide) groups is 1. The minimum absolute atomic E-state index is 0.312. The predicted octanol–water partition coefficient (Wildman–Crippen LogP) is 0.979. The number of amides is 2. The van der Waals surface area contributed by atoms with E-state index in [1.165, 1.54) is 0 Å². The summed E-state index contributed by atoms with van der Waals surface area (Å²) in [6.07, 6.45) is 2.22. The first-order chi connectivity index (χ1) is 17.7. The highest BCUT2D eigenvalue weighted by Crippen LogP contribution is 2.47. The number of nitrogens with zero attached hydrogens (tertiary/aromatic N) is 5. The molecule has 1 aliphatic heterocycles. The van der Waals surface area contributed by atoms with E-state index in [2.05, 4.69) is 39.8 Å². The molecule has 1 aliphatic carbocycles. The largest absolute Gasteiger partial charge is 0.394 e. The molecule has 4 rings (SSSR count). The summed E-state index contributed by atoms with van der Waals surface area (Å²) in [6.45, 7) is 7.95. The van der Waals surface area contributed by atoms with Gasteiger partial charge in [0.05, 0.1) is 18.6 Å². The van der Waals surface area contributed by atoms with Gasteiger partial charge >= 0.3 is 0 Å². The van der Waals surface area contributed by atoms with Crippen LogP contribution in [0.4, 0.5) is 5.82 Å². The van der Waals surface area contributed by atoms with Gasteiger partial charge in [0, 0.05) is 12.3 Å². The molecule has 0 spiro atoms. The number of nitrogens with two attached hydrogens (primary N) is 1. The zero-order valence-electron chi connectivity index (χ0n) is 21.6. The third-order valence-electron chi connectivity index (χ3n) is 6.49. The van der Waals surface area contributed by atoms with Crippen molar-refractivity contribution in [1.29, 1.82) is 0 Å². The number of carbonyl (C=O) groups is 2. The summed E-state index contributed by atoms with van der Waals surface area (Å²) in [5, 5.41) is 24.8. The molecule has 2 aromatic heterocycles. The smallest absolute Gasteiger partial charge is 0.242 e. The summed E-state index contributed by atoms with van der Waals surface area (Å²) in [5.74, 6) is -1.35. The fourth-order valence-corrected chi connectivity index (χ4v) is 5.43. The summed E-state index contributed by atoms with van der Waals surface area (Å²) in [7, 11) is 0. The first-order valence-electron chi connectivity index (χ1n) is 12.7. The van der Waals surface area contributed by atoms with Crippen molar-refractivity contribution in [2.75, 3.05) is 24.2 Å². The molecule has 0 radical (unpaired) electrons. The lowest BCUT2D eigenvalue weighted by Crippen LogP contribution is -2.50. The standard InChI is InChI=1S/C23H36N8O5S/c1-5-7-8-25-19-15-20(28-22(27-19)37-9-6-2)31(30-29-15)14-10-12(16-17(14)36-23(3,4)35-16)21(34)26-13(11-32)18(24)33/h12-14,16-17,32H,5-11H2,1-4H3,(H2,24,33)(H,26,34)(H,25,27,28)/t12-,13-,14?,16?,17?/m1/s1. The number of rotatable bonds is 12. The maximum atomic E-state index is 13.2. The molecule has 14 heteroatoms. The number of primary amides is 1. The van der Waals surface area contributed by atoms with Crippen LogP contribution in [0.3, 0.4) is 0 Å². The highest BCUT2D eigenvalue weighted by Gasteiger charge is 2.57. The van der Waals surface area contributed by atoms with Gasteiger partial charge in [0.1, 0.15) is 18.2 Å². The number of nitrogens with one attached hydrogen (secondary N) is 2. The molecule has 204 valence electrons. The average Bonchev–Trinajstić information content (AvgIpc) is 3.51. The van der Waals surface area contributed by atoms with E-state index in [0.29, 0.717) is 28.6 Å². The normalized spacial score (nSPS) is 25.2. The van der Waals surface area contributed by atoms with Gasteiger partial charge in [0.15, 0.2) is 27.9 Å². The first kappa shape index (κ1) is 27.5. The third-order valence-corrected chi connectivity index (χ3v) is 7.54. The number of hydrogen-bond acceptors (Lipinski definition) is 11. The van der Waals surface area contributed by atoms with Crippen LogP contribution in [0.2, 0.25) is 0 Å². The van der Waals surface area contributed by atoms with Crippen LogP contribution in [0, 0.1) is 5.92 Å². The molecule has 37 heavy (non-hydrogen) atoms. The molecule has 2 aliphatic rings. The molecule has 1 saturated heterocycles. The Kier molecular flexibility index (Phi) is 8.51. The molecule has 5 atom stereocenters. The molecule has 3 unspecified atom stereocenters. The number of fused-ring (bicyclic) bond motifs is 2. The Morgan fingerprint density at radius 3 is 2.68 bits per heavy atom. The lowest BCUT2D eigenvalue weighted by molar-refractivity contribution is -0.163. The van der Waals surface area contributed by atoms with Crippen LogP contribution in [0.5, 0.6) is 0 Å². The number of carbonyl (C=O) groups excluding carboxylic acids is 2. The van der Waals surface area contributed by atoms with Crippen LogP contribution in [-0.4, -0.2) is 84.8 Å². The van der Waals surface area contributed by atoms with Crippen LogP contribution in [0.25, 0.3) is 11.2 Å². The summed E-state index contributed by atoms with van der Waals surface area (Å²) >= 11 is 1.56. The quantitative estimate of drug-likeness (QED) is 0.172. The second-order valence-electron chi connectivity index (χ2n) is 9.81. The number of hydrogen-bond donors (Lipinski definition) is 4. The van der Waals surface area contributed by atoms with Gasteiger partial charge in [-0.25, -0.2) is 14.6 Å². The van der Waals surface area contributed by atoms with Crippen molar-refractivity contribution in [3.8, 4) is 0 Å². The lowest BCUT2D eigenvalue weighted by atomic mass is 10.0. The Morgan fingerprint density at radius 1 is 1.24 bits per heavy atom. The fraction of sp³-hybridized carbons (Fsp3) is 0.739. The summed E-state index contributed by atoms with van der Waals surface area (Å²) in [6, 6.07) is -1.59. The molecular weight excluding hydrogens is 500 g/mol. The molecule has 0 aromatic carbocycles. The number of unbranched alkanes of at least 4 members (excludes halogenated alkanes) is 1. The van der Waals surface area contributed by atoms with Gasteiger partial charge in [-0.05, 0) is 33.1 Å². The SMILES string of the molecule is CCCCNc1nc(SCCC)nc2c1nnn2C1C[C@@H](C(=O)N[C@H](CO)C(N)=O)C2OC(C)(C)OC21. The van der Waals surface area contributed by atoms with E-state index in [-0.39, 0.29) is 0 Å². The van der Waals surface area contributed by atoms with Gasteiger partial charge in [0.25, 0.3) is 0 Å². The van der Waals surface area contributed by atoms with Crippen molar-refractivity contribution in [2.45, 2.75) is 88.6 Å². The minimum Gasteiger partial charge on any atom is -0.394 e. The topological polar surface area (TPSA) is 179 Å². The van der Waals surface area contributed by atoms with Gasteiger partial charge in [-0.3, -0.25) is 9.59 Å². The van der Waals surface area contributed by atoms with E-state index in [9.17, 15) is 14.7 Å². The molecule has 2 fully saturated rings. The molecular formula is C23H36N8O5S. The van der Waals surface area contributed by atoms with Crippen molar-refractivity contribution in [3.63, 3.8) is 0 Å². The molecule has 2 aromatic rings. The predicted molar refractivity (Wildman–Crippen MR) is 137 cm³/mol. The van der Waals surface area contributed by atoms with Crippen LogP contribution in [-0.2, 0) is 19.1 Å². The average molecular weight is 537 g/mol. The Hall–Kier alpha value is -2.55. The van der Waals surface area contributed by atoms with Crippen LogP contribution in [0.15, 0.2) is 5.16 Å². The second-order valence-corrected chi connectivity index (χ2v) is 10.9. The lowest BCUT2D eigenvalue weighted by Gasteiger charge is -2.24. The Morgan fingerprint density at radius 2 is 2.00 bits per heavy atom. The Bertz CT molecular complexity index is 1130. The van der Waals surface area contributed by atoms with Crippen molar-refractivity contribution in [2.24, 2.45) is 11.7 Å². The van der Waals surface area contributed by atoms with Crippen molar-refractivity contribution >= 4 is 40.6 Å². The number of anilines is 1. The number of aromatic nitrogens is 5. The van der Waals surface area contributed by atoms with Crippen LogP contribution in [0.1, 0.15) is 59.4 Å². The molecule has 1 saturated carbocycles. The van der Waals surface area contributed by atoms with Crippen molar-refractivity contribution in [1.82, 2.24) is 30.3 Å². The maximum Gasteiger partial charge on any atom is 0.242 e. The Balaban J connectivity index is 1.69. The highest BCUT2D eigenvalue weighted by atomic mass is 32.2. The van der Waals surface area contributed by atoms with E-state index in [1.54, 1.807) is 30.3 Å². The highest BCUT2D eigenvalue weighted by molar-refractivity contribution is 7.99. The van der Waals surface area contributed by atoms with Gasteiger partial charge in [-0.2, -0.15) is 0 Å². The summed E-state index contributed by atoms with van der Waals surface area (Å²) < 4.78 is 14.0. The third kappa shape index (κ3) is 5.81. The van der Waals surface area contributed by atoms with Gasteiger partial charge in [-0.1, -0.05) is 37.2 Å². The molecule has 5 N–H and O–H groups in total. The monoisotopic (exact) mass is 536 g/mol. The zero-order valence-corrected chi connectivity index (χ0v) is 22.5. The fourth-order valence-electron chi connectivity index (χ4n) is 4.73. The maximum absolute atomic E-state index is 13.2. The van der Waals surface area contributed by atoms with E-state index in [4.69, 9.17) is 20.2 Å². The molecule has 13 nitrogen and oxygen atoms in total. The number of aliphatic hydroxyl groups is 1. The number of ether oxygens (including phenoxy) is 2. The van der Waals surface area contributed by atoms with Gasteiger partial charge in [0.2, 0.25) is 11.8 Å². The van der Waals surface area contributed by atoms with E-state index < -0.39 is 54.4 Å². The Labute approximate surface area is 219 Å². The van der Waals surface area contributed by atoms with Gasteiger partial charge in [-0.15, -0.1) is 5.10 Å². The molecule has 0 bridgehead atoms. The summed E-state index contributed by atoms with van der Waals surface area (Å²) in [4.78, 5) is 34.2. The zero-order chi connectivity index (χ0) is 26.7. The molecule has 2 amide bonds. The minimum atomic E-state index is -1.19. The van der Waals surface area contributed by atoms with Crippen LogP contribution < -0.4 is 16.4 Å². The van der Waals surface area contributed by atoms with E-state index in [0.717, 1.165) is 31.6 Å². The van der Waals surface area contributed by atoms with Crippen LogP contribution >= 0.6 is 11.8 Å². The van der Waals surface area contributed by atoms with E-state index in [1.807, 2.05) is 0 Å². The van der Waals surface area contributed by atoms with Crippen molar-refractivity contribution in [3.05, 3.63) is 0 Å². The first-order valence-corrected chi connectivity index (χ1v) is 13.7. The van der Waals surface area contributed by atoms with E-state index >= 15 is 0 Å². The second kappa shape index (κ2) is 11.5.